The zero-order valence-electron chi connectivity index (χ0n) is 29.9. The third kappa shape index (κ3) is 6.51. The first-order valence-electron chi connectivity index (χ1n) is 17.7. The maximum absolute atomic E-state index is 14.4. The summed E-state index contributed by atoms with van der Waals surface area (Å²) in [5.74, 6) is 0.758. The molecule has 50 heavy (non-hydrogen) atoms. The van der Waals surface area contributed by atoms with Gasteiger partial charge in [0.25, 0.3) is 0 Å². The van der Waals surface area contributed by atoms with E-state index in [4.69, 9.17) is 26.2 Å². The number of hydrogen-bond donors (Lipinski definition) is 1. The van der Waals surface area contributed by atoms with E-state index in [9.17, 15) is 9.18 Å². The maximum atomic E-state index is 14.4. The number of rotatable bonds is 10. The molecule has 2 saturated heterocycles. The number of carbonyl (C=O) groups excluding carboxylic acids is 1. The quantitative estimate of drug-likeness (QED) is 0.118. The summed E-state index contributed by atoms with van der Waals surface area (Å²) in [5.41, 5.74) is 5.52. The van der Waals surface area contributed by atoms with Gasteiger partial charge in [-0.25, -0.2) is 9.18 Å². The molecule has 1 N–H and O–H groups in total. The molecule has 0 bridgehead atoms. The Morgan fingerprint density at radius 3 is 2.62 bits per heavy atom. The summed E-state index contributed by atoms with van der Waals surface area (Å²) >= 11 is 7.13. The van der Waals surface area contributed by atoms with Crippen LogP contribution >= 0.6 is 11.6 Å². The van der Waals surface area contributed by atoms with Gasteiger partial charge in [0.05, 0.1) is 22.8 Å². The molecule has 2 fully saturated rings. The van der Waals surface area contributed by atoms with Gasteiger partial charge in [-0.15, -0.1) is 0 Å². The lowest BCUT2D eigenvalue weighted by Gasteiger charge is -2.25. The Hall–Kier alpha value is -3.92. The molecular formula is C40H47ClFN5O3. The third-order valence-corrected chi connectivity index (χ3v) is 10.7. The van der Waals surface area contributed by atoms with Crippen molar-refractivity contribution < 1.29 is 18.7 Å². The molecule has 3 aromatic carbocycles. The van der Waals surface area contributed by atoms with E-state index in [2.05, 4.69) is 27.8 Å². The van der Waals surface area contributed by atoms with E-state index in [0.717, 1.165) is 75.9 Å². The maximum Gasteiger partial charge on any atom is 0.355 e. The van der Waals surface area contributed by atoms with Crippen LogP contribution in [0.5, 0.6) is 5.75 Å². The molecule has 0 aliphatic carbocycles. The molecule has 5 aromatic rings. The van der Waals surface area contributed by atoms with E-state index >= 15 is 0 Å². The predicted octanol–water partition coefficient (Wildman–Crippen LogP) is 7.86. The summed E-state index contributed by atoms with van der Waals surface area (Å²) in [6.07, 6.45) is 2.42. The fraction of sp³-hybridized carbons (Fsp3) is 0.450. The Morgan fingerprint density at radius 1 is 1.06 bits per heavy atom. The van der Waals surface area contributed by atoms with Gasteiger partial charge in [0.2, 0.25) is 0 Å². The number of aryl methyl sites for hydroxylation is 3. The van der Waals surface area contributed by atoms with Gasteiger partial charge in [-0.1, -0.05) is 29.8 Å². The number of aromatic nitrogens is 3. The minimum absolute atomic E-state index is 0.277. The minimum atomic E-state index is -0.679. The highest BCUT2D eigenvalue weighted by molar-refractivity contribution is 6.35. The van der Waals surface area contributed by atoms with Crippen molar-refractivity contribution in [3.05, 3.63) is 82.0 Å². The highest BCUT2D eigenvalue weighted by atomic mass is 35.5. The van der Waals surface area contributed by atoms with Gasteiger partial charge in [-0.2, -0.15) is 5.10 Å². The average Bonchev–Trinajstić information content (AvgIpc) is 3.80. The van der Waals surface area contributed by atoms with Crippen molar-refractivity contribution in [2.75, 3.05) is 32.8 Å². The first kappa shape index (κ1) is 34.5. The van der Waals surface area contributed by atoms with Gasteiger partial charge in [0, 0.05) is 60.3 Å². The van der Waals surface area contributed by atoms with Crippen LogP contribution in [0.4, 0.5) is 4.39 Å². The Morgan fingerprint density at radius 2 is 1.86 bits per heavy atom. The van der Waals surface area contributed by atoms with E-state index in [1.54, 1.807) is 6.07 Å². The standard InChI is InChI=1S/C40H47ClFN5O3/c1-24-35(25(2)45(6)44-24)36-32(41)15-14-31-30(10-8-20-49-34-11-7-9-26-21-28(42)12-13-29(26)34)38(39(48)50-40(3,4)5)47(37(31)36)19-18-46-17-16-27-22-43-23-33(27)46/h7,9,11-15,21,27,33,43H,8,10,16-20,22-23H2,1-6H3. The molecule has 0 spiro atoms. The summed E-state index contributed by atoms with van der Waals surface area (Å²) in [4.78, 5) is 16.9. The van der Waals surface area contributed by atoms with Crippen molar-refractivity contribution in [1.82, 2.24) is 24.6 Å². The van der Waals surface area contributed by atoms with Crippen molar-refractivity contribution in [1.29, 1.82) is 0 Å². The van der Waals surface area contributed by atoms with Crippen molar-refractivity contribution in [2.45, 2.75) is 72.1 Å². The van der Waals surface area contributed by atoms with Crippen LogP contribution in [-0.4, -0.2) is 69.6 Å². The molecule has 2 aliphatic heterocycles. The lowest BCUT2D eigenvalue weighted by molar-refractivity contribution is 0.00562. The summed E-state index contributed by atoms with van der Waals surface area (Å²) in [6.45, 7) is 14.7. The number of nitrogens with zero attached hydrogens (tertiary/aromatic N) is 4. The number of ether oxygens (including phenoxy) is 2. The SMILES string of the molecule is Cc1nn(C)c(C)c1-c1c(Cl)ccc2c(CCCOc3cccc4cc(F)ccc34)c(C(=O)OC(C)(C)C)n(CCN3CCC4CNCC43)c12. The molecular weight excluding hydrogens is 653 g/mol. The van der Waals surface area contributed by atoms with E-state index < -0.39 is 5.60 Å². The summed E-state index contributed by atoms with van der Waals surface area (Å²) < 4.78 is 30.4. The van der Waals surface area contributed by atoms with Crippen LogP contribution in [0.3, 0.4) is 0 Å². The molecule has 264 valence electrons. The number of likely N-dealkylation sites (tertiary alicyclic amines) is 1. The zero-order valence-corrected chi connectivity index (χ0v) is 30.7. The van der Waals surface area contributed by atoms with Crippen LogP contribution in [0.15, 0.2) is 48.5 Å². The molecule has 2 aromatic heterocycles. The highest BCUT2D eigenvalue weighted by Gasteiger charge is 2.38. The Balaban J connectivity index is 1.31. The number of nitrogens with one attached hydrogen (secondary N) is 1. The van der Waals surface area contributed by atoms with E-state index in [0.29, 0.717) is 54.4 Å². The lowest BCUT2D eigenvalue weighted by Crippen LogP contribution is -2.37. The number of esters is 1. The Kier molecular flexibility index (Phi) is 9.43. The van der Waals surface area contributed by atoms with Gasteiger partial charge in [0.15, 0.2) is 0 Å². The zero-order chi connectivity index (χ0) is 35.3. The second-order valence-corrected chi connectivity index (χ2v) is 15.3. The molecule has 2 aliphatic rings. The summed E-state index contributed by atoms with van der Waals surface area (Å²) in [5, 5.41) is 11.6. The molecule has 0 radical (unpaired) electrons. The predicted molar refractivity (Wildman–Crippen MR) is 198 cm³/mol. The first-order valence-corrected chi connectivity index (χ1v) is 18.1. The fourth-order valence-electron chi connectivity index (χ4n) is 8.13. The van der Waals surface area contributed by atoms with Crippen molar-refractivity contribution in [3.8, 4) is 16.9 Å². The normalized spacial score (nSPS) is 18.0. The topological polar surface area (TPSA) is 73.6 Å². The Labute approximate surface area is 298 Å². The molecule has 2 unspecified atom stereocenters. The first-order chi connectivity index (χ1) is 23.9. The highest BCUT2D eigenvalue weighted by Crippen LogP contribution is 2.42. The van der Waals surface area contributed by atoms with Crippen LogP contribution in [0.25, 0.3) is 32.8 Å². The van der Waals surface area contributed by atoms with Crippen molar-refractivity contribution in [2.24, 2.45) is 13.0 Å². The number of halogens is 2. The van der Waals surface area contributed by atoms with Crippen molar-refractivity contribution >= 4 is 39.2 Å². The van der Waals surface area contributed by atoms with Crippen LogP contribution in [0, 0.1) is 25.6 Å². The van der Waals surface area contributed by atoms with Gasteiger partial charge >= 0.3 is 5.97 Å². The Bertz CT molecular complexity index is 2080. The van der Waals surface area contributed by atoms with Gasteiger partial charge in [0.1, 0.15) is 22.9 Å². The van der Waals surface area contributed by atoms with Crippen molar-refractivity contribution in [3.63, 3.8) is 0 Å². The smallest absolute Gasteiger partial charge is 0.355 e. The summed E-state index contributed by atoms with van der Waals surface area (Å²) in [6, 6.07) is 14.9. The molecule has 8 nitrogen and oxygen atoms in total. The van der Waals surface area contributed by atoms with E-state index in [1.807, 2.05) is 63.7 Å². The van der Waals surface area contributed by atoms with Crippen LogP contribution < -0.4 is 10.1 Å². The lowest BCUT2D eigenvalue weighted by atomic mass is 9.98. The number of benzene rings is 3. The number of fused-ring (bicyclic) bond motifs is 3. The van der Waals surface area contributed by atoms with Gasteiger partial charge in [-0.05, 0) is 114 Å². The van der Waals surface area contributed by atoms with Crippen LogP contribution in [0.2, 0.25) is 5.02 Å². The monoisotopic (exact) mass is 699 g/mol. The average molecular weight is 700 g/mol. The van der Waals surface area contributed by atoms with E-state index in [1.165, 1.54) is 18.6 Å². The molecule has 7 rings (SSSR count). The second-order valence-electron chi connectivity index (χ2n) is 14.9. The molecule has 4 heterocycles. The van der Waals surface area contributed by atoms with Gasteiger partial charge in [-0.3, -0.25) is 9.58 Å². The summed E-state index contributed by atoms with van der Waals surface area (Å²) in [7, 11) is 1.95. The molecule has 0 amide bonds. The molecule has 0 saturated carbocycles. The molecule has 2 atom stereocenters. The molecule has 10 heteroatoms. The number of hydrogen-bond acceptors (Lipinski definition) is 6. The fourth-order valence-corrected chi connectivity index (χ4v) is 8.38. The van der Waals surface area contributed by atoms with E-state index in [-0.39, 0.29) is 11.8 Å². The second kappa shape index (κ2) is 13.7. The van der Waals surface area contributed by atoms with Gasteiger partial charge < -0.3 is 19.4 Å². The third-order valence-electron chi connectivity index (χ3n) is 10.4. The van der Waals surface area contributed by atoms with Crippen LogP contribution in [-0.2, 0) is 24.8 Å². The minimum Gasteiger partial charge on any atom is -0.493 e. The largest absolute Gasteiger partial charge is 0.493 e. The number of carbonyl (C=O) groups is 1. The van der Waals surface area contributed by atoms with Crippen LogP contribution in [0.1, 0.15) is 61.1 Å².